The molecule has 0 spiro atoms. The van der Waals surface area contributed by atoms with Crippen molar-refractivity contribution in [3.05, 3.63) is 35.7 Å². The van der Waals surface area contributed by atoms with E-state index in [1.165, 1.54) is 16.2 Å². The van der Waals surface area contributed by atoms with Crippen molar-refractivity contribution in [2.75, 3.05) is 5.73 Å². The summed E-state index contributed by atoms with van der Waals surface area (Å²) in [6, 6.07) is 10.1. The lowest BCUT2D eigenvalue weighted by atomic mass is 10.4. The van der Waals surface area contributed by atoms with Gasteiger partial charge in [-0.25, -0.2) is 4.98 Å². The third-order valence-corrected chi connectivity index (χ3v) is 3.22. The fourth-order valence-corrected chi connectivity index (χ4v) is 2.43. The Hall–Kier alpha value is -0.710. The molecule has 0 aliphatic rings. The number of thiazole rings is 1. The van der Waals surface area contributed by atoms with Crippen LogP contribution in [0.3, 0.4) is 0 Å². The number of aromatic nitrogens is 1. The van der Waals surface area contributed by atoms with Crippen LogP contribution in [0.2, 0.25) is 0 Å². The topological polar surface area (TPSA) is 38.9 Å². The number of hydrogen-bond acceptors (Lipinski definition) is 4. The minimum Gasteiger partial charge on any atom is -0.375 e. The molecule has 2 nitrogen and oxygen atoms in total. The molecule has 0 saturated heterocycles. The molecule has 0 unspecified atom stereocenters. The van der Waals surface area contributed by atoms with E-state index in [9.17, 15) is 0 Å². The molecule has 0 radical (unpaired) electrons. The number of anilines is 1. The normalized spacial score (nSPS) is 9.43. The maximum Gasteiger partial charge on any atom is 0.181 e. The molecule has 74 valence electrons. The summed E-state index contributed by atoms with van der Waals surface area (Å²) < 4.78 is 0. The van der Waals surface area contributed by atoms with Gasteiger partial charge < -0.3 is 5.73 Å². The zero-order chi connectivity index (χ0) is 9.10. The molecule has 2 rings (SSSR count). The Morgan fingerprint density at radius 2 is 1.93 bits per heavy atom. The van der Waals surface area contributed by atoms with Crippen LogP contribution >= 0.6 is 35.5 Å². The highest BCUT2D eigenvalue weighted by Crippen LogP contribution is 2.28. The largest absolute Gasteiger partial charge is 0.375 e. The van der Waals surface area contributed by atoms with Crippen LogP contribution in [-0.4, -0.2) is 4.98 Å². The average molecular weight is 245 g/mol. The molecule has 0 amide bonds. The van der Waals surface area contributed by atoms with Gasteiger partial charge in [-0.15, -0.1) is 23.7 Å². The zero-order valence-electron chi connectivity index (χ0n) is 7.21. The summed E-state index contributed by atoms with van der Waals surface area (Å²) in [5, 5.41) is 3.56. The predicted molar refractivity (Wildman–Crippen MR) is 64.3 cm³/mol. The van der Waals surface area contributed by atoms with Crippen molar-refractivity contribution >= 4 is 40.6 Å². The summed E-state index contributed by atoms with van der Waals surface area (Å²) in [5.41, 5.74) is 5.53. The number of nitrogen functional groups attached to an aromatic ring is 1. The zero-order valence-corrected chi connectivity index (χ0v) is 9.66. The molecule has 2 N–H and O–H groups in total. The van der Waals surface area contributed by atoms with Gasteiger partial charge in [-0.3, -0.25) is 0 Å². The molecule has 0 bridgehead atoms. The van der Waals surface area contributed by atoms with E-state index < -0.39 is 0 Å². The van der Waals surface area contributed by atoms with E-state index >= 15 is 0 Å². The second-order valence-electron chi connectivity index (χ2n) is 2.44. The van der Waals surface area contributed by atoms with E-state index in [1.807, 2.05) is 23.6 Å². The van der Waals surface area contributed by atoms with Crippen LogP contribution in [0, 0.1) is 0 Å². The quantitative estimate of drug-likeness (QED) is 0.881. The third-order valence-electron chi connectivity index (χ3n) is 1.47. The minimum absolute atomic E-state index is 0. The Kier molecular flexibility index (Phi) is 4.25. The molecule has 0 saturated carbocycles. The van der Waals surface area contributed by atoms with Crippen molar-refractivity contribution < 1.29 is 0 Å². The minimum atomic E-state index is 0. The van der Waals surface area contributed by atoms with Crippen LogP contribution in [0.1, 0.15) is 0 Å². The molecular weight excluding hydrogens is 236 g/mol. The van der Waals surface area contributed by atoms with Gasteiger partial charge in [0.25, 0.3) is 0 Å². The highest BCUT2D eigenvalue weighted by atomic mass is 35.5. The molecule has 1 aromatic carbocycles. The van der Waals surface area contributed by atoms with E-state index in [0.29, 0.717) is 5.13 Å². The second-order valence-corrected chi connectivity index (χ2v) is 4.42. The molecule has 14 heavy (non-hydrogen) atoms. The van der Waals surface area contributed by atoms with Crippen molar-refractivity contribution in [1.29, 1.82) is 0 Å². The first kappa shape index (κ1) is 11.4. The molecule has 0 aliphatic heterocycles. The second kappa shape index (κ2) is 5.24. The molecular formula is C9H9ClN2S2. The summed E-state index contributed by atoms with van der Waals surface area (Å²) in [4.78, 5) is 5.35. The predicted octanol–water partition coefficient (Wildman–Crippen LogP) is 3.30. The van der Waals surface area contributed by atoms with Gasteiger partial charge in [-0.1, -0.05) is 30.0 Å². The third kappa shape index (κ3) is 2.90. The number of halogens is 1. The fourth-order valence-electron chi connectivity index (χ4n) is 0.928. The van der Waals surface area contributed by atoms with Gasteiger partial charge in [0, 0.05) is 10.3 Å². The average Bonchev–Trinajstić information content (AvgIpc) is 2.53. The number of rotatable bonds is 2. The number of benzene rings is 1. The molecule has 5 heteroatoms. The summed E-state index contributed by atoms with van der Waals surface area (Å²) >= 11 is 3.10. The Balaban J connectivity index is 0.000000980. The SMILES string of the molecule is Cl.Nc1nc(Sc2ccccc2)cs1. The first-order valence-electron chi connectivity index (χ1n) is 3.78. The Bertz CT molecular complexity index is 389. The standard InChI is InChI=1S/C9H8N2S2.ClH/c10-9-11-8(6-12-9)13-7-4-2-1-3-5-7;/h1-6H,(H2,10,11);1H. The molecule has 1 aromatic heterocycles. The van der Waals surface area contributed by atoms with E-state index in [4.69, 9.17) is 5.73 Å². The van der Waals surface area contributed by atoms with Crippen molar-refractivity contribution in [2.45, 2.75) is 9.92 Å². The summed E-state index contributed by atoms with van der Waals surface area (Å²) in [6.45, 7) is 0. The Labute approximate surface area is 97.0 Å². The molecule has 1 heterocycles. The molecule has 0 aliphatic carbocycles. The smallest absolute Gasteiger partial charge is 0.181 e. The first-order chi connectivity index (χ1) is 6.34. The lowest BCUT2D eigenvalue weighted by Gasteiger charge is -1.94. The first-order valence-corrected chi connectivity index (χ1v) is 5.48. The highest BCUT2D eigenvalue weighted by Gasteiger charge is 1.99. The van der Waals surface area contributed by atoms with Crippen LogP contribution in [0.15, 0.2) is 45.6 Å². The molecule has 0 atom stereocenters. The van der Waals surface area contributed by atoms with Crippen molar-refractivity contribution in [3.63, 3.8) is 0 Å². The highest BCUT2D eigenvalue weighted by molar-refractivity contribution is 7.99. The molecule has 2 aromatic rings. The summed E-state index contributed by atoms with van der Waals surface area (Å²) in [7, 11) is 0. The fraction of sp³-hybridized carbons (Fsp3) is 0. The van der Waals surface area contributed by atoms with Gasteiger partial charge in [-0.05, 0) is 12.1 Å². The van der Waals surface area contributed by atoms with Crippen LogP contribution in [0.25, 0.3) is 0 Å². The van der Waals surface area contributed by atoms with Gasteiger partial charge in [0.2, 0.25) is 0 Å². The van der Waals surface area contributed by atoms with Gasteiger partial charge in [-0.2, -0.15) is 0 Å². The molecule has 0 fully saturated rings. The van der Waals surface area contributed by atoms with Crippen molar-refractivity contribution in [3.8, 4) is 0 Å². The maximum absolute atomic E-state index is 5.53. The Morgan fingerprint density at radius 1 is 1.21 bits per heavy atom. The van der Waals surface area contributed by atoms with E-state index in [2.05, 4.69) is 17.1 Å². The number of nitrogens with zero attached hydrogens (tertiary/aromatic N) is 1. The van der Waals surface area contributed by atoms with Crippen LogP contribution < -0.4 is 5.73 Å². The van der Waals surface area contributed by atoms with E-state index in [0.717, 1.165) is 5.03 Å². The van der Waals surface area contributed by atoms with Crippen molar-refractivity contribution in [2.24, 2.45) is 0 Å². The van der Waals surface area contributed by atoms with Crippen LogP contribution in [-0.2, 0) is 0 Å². The lowest BCUT2D eigenvalue weighted by Crippen LogP contribution is -1.80. The van der Waals surface area contributed by atoms with Gasteiger partial charge in [0.15, 0.2) is 5.13 Å². The maximum atomic E-state index is 5.53. The van der Waals surface area contributed by atoms with Crippen molar-refractivity contribution in [1.82, 2.24) is 4.98 Å². The van der Waals surface area contributed by atoms with E-state index in [-0.39, 0.29) is 12.4 Å². The van der Waals surface area contributed by atoms with Gasteiger partial charge in [0.1, 0.15) is 5.03 Å². The summed E-state index contributed by atoms with van der Waals surface area (Å²) in [5.74, 6) is 0. The van der Waals surface area contributed by atoms with Gasteiger partial charge in [0.05, 0.1) is 0 Å². The number of nitrogens with two attached hydrogens (primary N) is 1. The van der Waals surface area contributed by atoms with E-state index in [1.54, 1.807) is 11.8 Å². The lowest BCUT2D eigenvalue weighted by molar-refractivity contribution is 1.21. The summed E-state index contributed by atoms with van der Waals surface area (Å²) in [6.07, 6.45) is 0. The Morgan fingerprint density at radius 3 is 2.50 bits per heavy atom. The van der Waals surface area contributed by atoms with Crippen LogP contribution in [0.4, 0.5) is 5.13 Å². The van der Waals surface area contributed by atoms with Crippen LogP contribution in [0.5, 0.6) is 0 Å². The number of hydrogen-bond donors (Lipinski definition) is 1. The van der Waals surface area contributed by atoms with Gasteiger partial charge >= 0.3 is 0 Å². The monoisotopic (exact) mass is 244 g/mol.